The summed E-state index contributed by atoms with van der Waals surface area (Å²) in [5.74, 6) is 0.950. The molecule has 0 bridgehead atoms. The van der Waals surface area contributed by atoms with E-state index in [1.54, 1.807) is 17.3 Å². The number of piperazine rings is 1. The SMILES string of the molecule is C[C@@H]1CN(c2ncc(Cl)c(N3CC(C(=O)NC(C)(C)c4cnc5ccccn45)C3)n2)CCN1C(=O)OC(C)(C)C. The summed E-state index contributed by atoms with van der Waals surface area (Å²) in [6, 6.07) is 5.75. The van der Waals surface area contributed by atoms with Gasteiger partial charge < -0.3 is 29.2 Å². The summed E-state index contributed by atoms with van der Waals surface area (Å²) >= 11 is 6.49. The minimum Gasteiger partial charge on any atom is -0.444 e. The molecule has 0 spiro atoms. The quantitative estimate of drug-likeness (QED) is 0.496. The lowest BCUT2D eigenvalue weighted by Gasteiger charge is -2.42. The lowest BCUT2D eigenvalue weighted by molar-refractivity contribution is -0.127. The molecule has 0 radical (unpaired) electrons. The van der Waals surface area contributed by atoms with Crippen molar-refractivity contribution in [2.45, 2.75) is 58.7 Å². The summed E-state index contributed by atoms with van der Waals surface area (Å²) < 4.78 is 7.54. The van der Waals surface area contributed by atoms with Gasteiger partial charge in [0.05, 0.1) is 29.5 Å². The van der Waals surface area contributed by atoms with Gasteiger partial charge in [-0.15, -0.1) is 0 Å². The Bertz CT molecular complexity index is 1410. The first-order chi connectivity index (χ1) is 18.8. The number of aromatic nitrogens is 4. The van der Waals surface area contributed by atoms with Crippen molar-refractivity contribution in [2.75, 3.05) is 42.5 Å². The van der Waals surface area contributed by atoms with Gasteiger partial charge >= 0.3 is 6.09 Å². The highest BCUT2D eigenvalue weighted by Gasteiger charge is 2.38. The van der Waals surface area contributed by atoms with Crippen LogP contribution in [0.15, 0.2) is 36.8 Å². The van der Waals surface area contributed by atoms with Crippen LogP contribution >= 0.6 is 11.6 Å². The molecule has 0 aliphatic carbocycles. The van der Waals surface area contributed by atoms with Crippen LogP contribution in [0.1, 0.15) is 47.2 Å². The molecule has 11 nitrogen and oxygen atoms in total. The summed E-state index contributed by atoms with van der Waals surface area (Å²) in [5, 5.41) is 3.63. The molecular weight excluding hydrogens is 532 g/mol. The number of ether oxygens (including phenoxy) is 1. The molecule has 5 heterocycles. The number of amides is 2. The largest absolute Gasteiger partial charge is 0.444 e. The number of nitrogens with one attached hydrogen (secondary N) is 1. The Morgan fingerprint density at radius 2 is 1.77 bits per heavy atom. The molecule has 0 aromatic carbocycles. The fraction of sp³-hybridized carbons (Fsp3) is 0.536. The minimum atomic E-state index is -0.601. The molecule has 1 N–H and O–H groups in total. The summed E-state index contributed by atoms with van der Waals surface area (Å²) in [6.45, 7) is 14.2. The Labute approximate surface area is 239 Å². The Morgan fingerprint density at radius 1 is 1.02 bits per heavy atom. The number of hydrogen-bond acceptors (Lipinski definition) is 8. The van der Waals surface area contributed by atoms with Gasteiger partial charge in [0.25, 0.3) is 0 Å². The maximum absolute atomic E-state index is 13.2. The third-order valence-electron chi connectivity index (χ3n) is 7.30. The van der Waals surface area contributed by atoms with E-state index in [9.17, 15) is 9.59 Å². The van der Waals surface area contributed by atoms with Crippen LogP contribution < -0.4 is 15.1 Å². The first kappa shape index (κ1) is 27.9. The second kappa shape index (κ2) is 10.4. The molecule has 3 aromatic heterocycles. The Morgan fingerprint density at radius 3 is 2.48 bits per heavy atom. The number of hydrogen-bond donors (Lipinski definition) is 1. The molecule has 12 heteroatoms. The van der Waals surface area contributed by atoms with Gasteiger partial charge in [0.2, 0.25) is 11.9 Å². The predicted octanol–water partition coefficient (Wildman–Crippen LogP) is 3.71. The zero-order chi connectivity index (χ0) is 28.8. The average molecular weight is 569 g/mol. The van der Waals surface area contributed by atoms with Crippen molar-refractivity contribution in [3.8, 4) is 0 Å². The van der Waals surface area contributed by atoms with Crippen molar-refractivity contribution < 1.29 is 14.3 Å². The molecule has 1 atom stereocenters. The van der Waals surface area contributed by atoms with Crippen LogP contribution in [0.25, 0.3) is 5.65 Å². The molecule has 2 aliphatic rings. The molecular formula is C28H37ClN8O3. The van der Waals surface area contributed by atoms with E-state index < -0.39 is 11.1 Å². The maximum atomic E-state index is 13.2. The zero-order valence-electron chi connectivity index (χ0n) is 23.9. The van der Waals surface area contributed by atoms with Crippen LogP contribution in [0.2, 0.25) is 5.02 Å². The zero-order valence-corrected chi connectivity index (χ0v) is 24.6. The number of halogens is 1. The highest BCUT2D eigenvalue weighted by Crippen LogP contribution is 2.32. The Kier molecular flexibility index (Phi) is 7.28. The van der Waals surface area contributed by atoms with E-state index in [2.05, 4.69) is 15.3 Å². The lowest BCUT2D eigenvalue weighted by Crippen LogP contribution is -2.57. The highest BCUT2D eigenvalue weighted by molar-refractivity contribution is 6.32. The van der Waals surface area contributed by atoms with Crippen molar-refractivity contribution in [3.05, 3.63) is 47.5 Å². The highest BCUT2D eigenvalue weighted by atomic mass is 35.5. The van der Waals surface area contributed by atoms with E-state index in [0.717, 1.165) is 11.3 Å². The van der Waals surface area contributed by atoms with E-state index in [1.807, 2.05) is 80.1 Å². The van der Waals surface area contributed by atoms with Gasteiger partial charge in [0.1, 0.15) is 16.3 Å². The Hall–Kier alpha value is -3.60. The number of anilines is 2. The number of imidazole rings is 1. The van der Waals surface area contributed by atoms with Crippen molar-refractivity contribution in [1.29, 1.82) is 0 Å². The normalized spacial score (nSPS) is 18.6. The molecule has 2 fully saturated rings. The molecule has 2 saturated heterocycles. The average Bonchev–Trinajstić information content (AvgIpc) is 3.28. The van der Waals surface area contributed by atoms with Crippen LogP contribution in [0.3, 0.4) is 0 Å². The predicted molar refractivity (Wildman–Crippen MR) is 154 cm³/mol. The smallest absolute Gasteiger partial charge is 0.410 e. The van der Waals surface area contributed by atoms with Gasteiger partial charge in [0.15, 0.2) is 5.82 Å². The summed E-state index contributed by atoms with van der Waals surface area (Å²) in [6.07, 6.45) is 5.04. The summed E-state index contributed by atoms with van der Waals surface area (Å²) in [5.41, 5.74) is 0.607. The van der Waals surface area contributed by atoms with Crippen LogP contribution in [-0.2, 0) is 15.1 Å². The van der Waals surface area contributed by atoms with Crippen LogP contribution in [0.5, 0.6) is 0 Å². The molecule has 40 heavy (non-hydrogen) atoms. The van der Waals surface area contributed by atoms with Crippen LogP contribution in [0, 0.1) is 5.92 Å². The molecule has 2 aliphatic heterocycles. The first-order valence-corrected chi connectivity index (χ1v) is 14.0. The fourth-order valence-corrected chi connectivity index (χ4v) is 5.35. The number of carbonyl (C=O) groups is 2. The van der Waals surface area contributed by atoms with E-state index in [0.29, 0.717) is 49.5 Å². The summed E-state index contributed by atoms with van der Waals surface area (Å²) in [7, 11) is 0. The Balaban J connectivity index is 1.20. The fourth-order valence-electron chi connectivity index (χ4n) is 5.14. The van der Waals surface area contributed by atoms with Crippen LogP contribution in [0.4, 0.5) is 16.6 Å². The maximum Gasteiger partial charge on any atom is 0.410 e. The minimum absolute atomic E-state index is 0.0235. The van der Waals surface area contributed by atoms with Gasteiger partial charge in [-0.25, -0.2) is 14.8 Å². The van der Waals surface area contributed by atoms with Crippen molar-refractivity contribution in [2.24, 2.45) is 5.92 Å². The lowest BCUT2D eigenvalue weighted by atomic mass is 9.95. The van der Waals surface area contributed by atoms with Crippen molar-refractivity contribution in [3.63, 3.8) is 0 Å². The topological polar surface area (TPSA) is 108 Å². The monoisotopic (exact) mass is 568 g/mol. The molecule has 214 valence electrons. The number of carbonyl (C=O) groups excluding carboxylic acids is 2. The second-order valence-electron chi connectivity index (χ2n) is 12.1. The molecule has 3 aromatic rings. The third kappa shape index (κ3) is 5.65. The number of pyridine rings is 1. The number of fused-ring (bicyclic) bond motifs is 1. The third-order valence-corrected chi connectivity index (χ3v) is 7.56. The van der Waals surface area contributed by atoms with Gasteiger partial charge in [0, 0.05) is 45.0 Å². The summed E-state index contributed by atoms with van der Waals surface area (Å²) in [4.78, 5) is 45.2. The second-order valence-corrected chi connectivity index (χ2v) is 12.5. The first-order valence-electron chi connectivity index (χ1n) is 13.6. The van der Waals surface area contributed by atoms with Crippen LogP contribution in [-0.4, -0.2) is 80.6 Å². The molecule has 0 unspecified atom stereocenters. The van der Waals surface area contributed by atoms with E-state index >= 15 is 0 Å². The number of nitrogens with zero attached hydrogens (tertiary/aromatic N) is 7. The standard InChI is InChI=1S/C28H37ClN8O3/c1-18-15-34(11-12-36(18)26(39)40-27(2,3)4)25-31-13-20(29)23(32-25)35-16-19(17-35)24(38)33-28(5,6)21-14-30-22-9-7-8-10-37(21)22/h7-10,13-14,18-19H,11-12,15-17H2,1-6H3,(H,33,38)/t18-/m1/s1. The van der Waals surface area contributed by atoms with Gasteiger partial charge in [-0.1, -0.05) is 17.7 Å². The van der Waals surface area contributed by atoms with Gasteiger partial charge in [-0.05, 0) is 53.7 Å². The number of rotatable bonds is 5. The van der Waals surface area contributed by atoms with Crippen molar-refractivity contribution in [1.82, 2.24) is 29.6 Å². The molecule has 0 saturated carbocycles. The van der Waals surface area contributed by atoms with Gasteiger partial charge in [-0.2, -0.15) is 4.98 Å². The van der Waals surface area contributed by atoms with E-state index in [4.69, 9.17) is 21.3 Å². The van der Waals surface area contributed by atoms with Gasteiger partial charge in [-0.3, -0.25) is 4.79 Å². The van der Waals surface area contributed by atoms with Crippen molar-refractivity contribution >= 4 is 41.0 Å². The van der Waals surface area contributed by atoms with E-state index in [1.165, 1.54) is 0 Å². The van der Waals surface area contributed by atoms with E-state index in [-0.39, 0.29) is 24.0 Å². The molecule has 5 rings (SSSR count). The molecule has 2 amide bonds.